The number of aliphatic carboxylic acids is 1. The van der Waals surface area contributed by atoms with Crippen LogP contribution in [0.25, 0.3) is 21.7 Å². The van der Waals surface area contributed by atoms with Gasteiger partial charge < -0.3 is 40.8 Å². The molecule has 0 fully saturated rings. The molecule has 0 saturated heterocycles. The Kier molecular flexibility index (Phi) is 13.1. The number of hydrogen-bond donors (Lipinski definition) is 6. The maximum atomic E-state index is 14.2. The number of methoxy groups -OCH3 is 1. The van der Waals surface area contributed by atoms with E-state index in [1.807, 2.05) is 84.9 Å². The number of rotatable bonds is 16. The number of ether oxygens (including phenoxy) is 2. The van der Waals surface area contributed by atoms with Crippen LogP contribution in [-0.2, 0) is 43.2 Å². The van der Waals surface area contributed by atoms with Crippen molar-refractivity contribution in [3.63, 3.8) is 0 Å². The fourth-order valence-electron chi connectivity index (χ4n) is 6.20. The number of alkyl carbamates (subject to hydrolysis) is 1. The predicted molar refractivity (Wildman–Crippen MR) is 209 cm³/mol. The fraction of sp³-hybridized carbons (Fsp3) is 0.310. The molecule has 4 aromatic carbocycles. The van der Waals surface area contributed by atoms with Crippen LogP contribution >= 0.6 is 0 Å². The second kappa shape index (κ2) is 18.1. The van der Waals surface area contributed by atoms with Gasteiger partial charge in [-0.15, -0.1) is 0 Å². The highest BCUT2D eigenvalue weighted by Gasteiger charge is 2.32. The van der Waals surface area contributed by atoms with Crippen LogP contribution in [0.5, 0.6) is 5.75 Å². The summed E-state index contributed by atoms with van der Waals surface area (Å²) in [5, 5.41) is 23.2. The lowest BCUT2D eigenvalue weighted by Gasteiger charge is -2.26. The van der Waals surface area contributed by atoms with Gasteiger partial charge in [-0.25, -0.2) is 4.79 Å². The summed E-state index contributed by atoms with van der Waals surface area (Å²) in [6, 6.07) is 24.2. The SMILES string of the molecule is COc1cccc(CCNC(=O)[C@H](CC(=O)O)NC(=O)[C@H](Cc2ccc3ccccc3c2)NC(=O)[C@H](Cc2c[nH]c3ccccc23)NC(=O)OC(C)(C)C)c1. The molecule has 55 heavy (non-hydrogen) atoms. The minimum atomic E-state index is -1.45. The van der Waals surface area contributed by atoms with Gasteiger partial charge in [0.1, 0.15) is 29.5 Å². The van der Waals surface area contributed by atoms with Gasteiger partial charge >= 0.3 is 12.1 Å². The predicted octanol–water partition coefficient (Wildman–Crippen LogP) is 4.81. The first kappa shape index (κ1) is 39.8. The zero-order valence-electron chi connectivity index (χ0n) is 31.3. The maximum absolute atomic E-state index is 14.2. The number of aromatic amines is 1. The number of fused-ring (bicyclic) bond motifs is 2. The van der Waals surface area contributed by atoms with Gasteiger partial charge in [-0.05, 0) is 72.9 Å². The van der Waals surface area contributed by atoms with E-state index in [1.165, 1.54) is 0 Å². The van der Waals surface area contributed by atoms with E-state index in [9.17, 15) is 29.1 Å². The summed E-state index contributed by atoms with van der Waals surface area (Å²) in [6.07, 6.45) is 0.707. The van der Waals surface area contributed by atoms with Crippen LogP contribution in [0.4, 0.5) is 4.79 Å². The number of carbonyl (C=O) groups excluding carboxylic acids is 4. The average Bonchev–Trinajstić information content (AvgIpc) is 3.55. The molecule has 0 saturated carbocycles. The highest BCUT2D eigenvalue weighted by atomic mass is 16.6. The minimum absolute atomic E-state index is 0.00803. The summed E-state index contributed by atoms with van der Waals surface area (Å²) < 4.78 is 10.7. The summed E-state index contributed by atoms with van der Waals surface area (Å²) in [6.45, 7) is 5.27. The molecule has 0 spiro atoms. The first-order valence-corrected chi connectivity index (χ1v) is 18.0. The summed E-state index contributed by atoms with van der Waals surface area (Å²) in [7, 11) is 1.55. The van der Waals surface area contributed by atoms with Gasteiger partial charge in [-0.1, -0.05) is 72.8 Å². The quantitative estimate of drug-likeness (QED) is 0.0829. The van der Waals surface area contributed by atoms with Crippen molar-refractivity contribution in [3.8, 4) is 5.75 Å². The minimum Gasteiger partial charge on any atom is -0.497 e. The lowest BCUT2D eigenvalue weighted by Crippen LogP contribution is -2.58. The molecule has 6 N–H and O–H groups in total. The zero-order chi connectivity index (χ0) is 39.5. The van der Waals surface area contributed by atoms with Gasteiger partial charge in [-0.2, -0.15) is 0 Å². The van der Waals surface area contributed by atoms with Crippen molar-refractivity contribution in [2.24, 2.45) is 0 Å². The molecule has 0 aliphatic carbocycles. The van der Waals surface area contributed by atoms with E-state index in [0.717, 1.165) is 32.8 Å². The largest absolute Gasteiger partial charge is 0.497 e. The van der Waals surface area contributed by atoms with Gasteiger partial charge in [0.25, 0.3) is 0 Å². The third-order valence-corrected chi connectivity index (χ3v) is 8.85. The number of H-pyrrole nitrogens is 1. The highest BCUT2D eigenvalue weighted by molar-refractivity contribution is 5.96. The van der Waals surface area contributed by atoms with Gasteiger partial charge in [0.2, 0.25) is 17.7 Å². The smallest absolute Gasteiger partial charge is 0.408 e. The maximum Gasteiger partial charge on any atom is 0.408 e. The molecule has 0 aliphatic rings. The number of nitrogens with one attached hydrogen (secondary N) is 5. The molecule has 0 unspecified atom stereocenters. The van der Waals surface area contributed by atoms with Crippen molar-refractivity contribution in [2.45, 2.75) is 70.2 Å². The van der Waals surface area contributed by atoms with Crippen LogP contribution in [0.15, 0.2) is 97.2 Å². The van der Waals surface area contributed by atoms with Gasteiger partial charge in [0.15, 0.2) is 0 Å². The monoisotopic (exact) mass is 749 g/mol. The summed E-state index contributed by atoms with van der Waals surface area (Å²) in [5.41, 5.74) is 2.32. The number of carboxylic acid groups (broad SMARTS) is 1. The third-order valence-electron chi connectivity index (χ3n) is 8.85. The van der Waals surface area contributed by atoms with E-state index in [0.29, 0.717) is 17.7 Å². The van der Waals surface area contributed by atoms with Crippen LogP contribution in [0, 0.1) is 0 Å². The van der Waals surface area contributed by atoms with Crippen molar-refractivity contribution in [1.82, 2.24) is 26.3 Å². The lowest BCUT2D eigenvalue weighted by atomic mass is 9.99. The van der Waals surface area contributed by atoms with E-state index >= 15 is 0 Å². The zero-order valence-corrected chi connectivity index (χ0v) is 31.3. The second-order valence-corrected chi connectivity index (χ2v) is 14.3. The molecule has 0 radical (unpaired) electrons. The number of carbonyl (C=O) groups is 5. The first-order valence-electron chi connectivity index (χ1n) is 18.0. The molecule has 5 rings (SSSR count). The molecule has 1 heterocycles. The van der Waals surface area contributed by atoms with E-state index in [4.69, 9.17) is 9.47 Å². The number of amides is 4. The van der Waals surface area contributed by atoms with E-state index in [2.05, 4.69) is 26.3 Å². The van der Waals surface area contributed by atoms with Gasteiger partial charge in [0, 0.05) is 36.5 Å². The molecule has 13 heteroatoms. The van der Waals surface area contributed by atoms with Crippen LogP contribution < -0.4 is 26.0 Å². The Morgan fingerprint density at radius 3 is 2.15 bits per heavy atom. The lowest BCUT2D eigenvalue weighted by molar-refractivity contribution is -0.141. The topological polar surface area (TPSA) is 188 Å². The molecular weight excluding hydrogens is 702 g/mol. The van der Waals surface area contributed by atoms with Crippen molar-refractivity contribution in [1.29, 1.82) is 0 Å². The Morgan fingerprint density at radius 1 is 0.727 bits per heavy atom. The first-order chi connectivity index (χ1) is 26.3. The number of benzene rings is 4. The van der Waals surface area contributed by atoms with Crippen molar-refractivity contribution in [3.05, 3.63) is 114 Å². The molecule has 0 bridgehead atoms. The Hall–Kier alpha value is -6.37. The van der Waals surface area contributed by atoms with Crippen LogP contribution in [0.3, 0.4) is 0 Å². The Balaban J connectivity index is 1.39. The highest BCUT2D eigenvalue weighted by Crippen LogP contribution is 2.21. The molecule has 288 valence electrons. The fourth-order valence-corrected chi connectivity index (χ4v) is 6.20. The Labute approximate surface area is 319 Å². The van der Waals surface area contributed by atoms with E-state index < -0.39 is 59.9 Å². The number of carboxylic acids is 1. The van der Waals surface area contributed by atoms with Crippen LogP contribution in [0.2, 0.25) is 0 Å². The van der Waals surface area contributed by atoms with E-state index in [1.54, 1.807) is 40.1 Å². The second-order valence-electron chi connectivity index (χ2n) is 14.3. The molecule has 1 aromatic heterocycles. The number of para-hydroxylation sites is 1. The summed E-state index contributed by atoms with van der Waals surface area (Å²) >= 11 is 0. The average molecular weight is 750 g/mol. The van der Waals surface area contributed by atoms with E-state index in [-0.39, 0.29) is 19.4 Å². The molecular formula is C42H47N5O8. The molecule has 5 aromatic rings. The van der Waals surface area contributed by atoms with Crippen LogP contribution in [-0.4, -0.2) is 77.3 Å². The normalized spacial score (nSPS) is 12.9. The number of aromatic nitrogens is 1. The van der Waals surface area contributed by atoms with Gasteiger partial charge in [-0.3, -0.25) is 19.2 Å². The molecule has 13 nitrogen and oxygen atoms in total. The van der Waals surface area contributed by atoms with Crippen molar-refractivity contribution in [2.75, 3.05) is 13.7 Å². The van der Waals surface area contributed by atoms with Crippen molar-refractivity contribution < 1.29 is 38.6 Å². The molecule has 3 atom stereocenters. The third kappa shape index (κ3) is 11.6. The summed E-state index contributed by atoms with van der Waals surface area (Å²) in [5.74, 6) is -2.81. The molecule has 4 amide bonds. The van der Waals surface area contributed by atoms with Crippen LogP contribution in [0.1, 0.15) is 43.9 Å². The summed E-state index contributed by atoms with van der Waals surface area (Å²) in [4.78, 5) is 69.7. The Morgan fingerprint density at radius 2 is 1.42 bits per heavy atom. The Bertz CT molecular complexity index is 2160. The van der Waals surface area contributed by atoms with Gasteiger partial charge in [0.05, 0.1) is 13.5 Å². The van der Waals surface area contributed by atoms with Crippen molar-refractivity contribution >= 4 is 51.5 Å². The number of hydrogen-bond acceptors (Lipinski definition) is 7. The standard InChI is InChI=1S/C42H47N5O8/c1-42(2,3)55-41(53)47-35(23-30-25-44-33-15-8-7-14-32(30)33)40(52)45-34(22-27-16-17-28-11-5-6-12-29(28)20-27)39(51)46-36(24-37(48)49)38(50)43-19-18-26-10-9-13-31(21-26)54-4/h5-17,20-21,25,34-36,44H,18-19,22-24H2,1-4H3,(H,43,50)(H,45,52)(H,46,51)(H,47,53)(H,48,49)/t34-,35-,36-/m0/s1. The molecule has 0 aliphatic heterocycles.